The van der Waals surface area contributed by atoms with Crippen molar-refractivity contribution in [3.63, 3.8) is 0 Å². The highest BCUT2D eigenvalue weighted by molar-refractivity contribution is 5.86. The molecule has 0 N–H and O–H groups in total. The first-order valence-electron chi connectivity index (χ1n) is 13.5. The van der Waals surface area contributed by atoms with Crippen LogP contribution in [-0.2, 0) is 28.6 Å². The highest BCUT2D eigenvalue weighted by Crippen LogP contribution is 2.69. The van der Waals surface area contributed by atoms with Crippen molar-refractivity contribution in [2.24, 2.45) is 65.1 Å². The van der Waals surface area contributed by atoms with Crippen LogP contribution in [-0.4, -0.2) is 36.7 Å². The van der Waals surface area contributed by atoms with E-state index in [0.717, 1.165) is 50.9 Å². The van der Waals surface area contributed by atoms with E-state index in [4.69, 9.17) is 14.2 Å². The summed E-state index contributed by atoms with van der Waals surface area (Å²) in [6.45, 7) is 1.84. The molecule has 180 valence electrons. The average Bonchev–Trinajstić information content (AvgIpc) is 3.57. The quantitative estimate of drug-likeness (QED) is 0.344. The highest BCUT2D eigenvalue weighted by Gasteiger charge is 2.66. The number of Topliss-reactive ketones (excluding diaryl/α,β-unsaturated/α-hetero) is 1. The Morgan fingerprint density at radius 3 is 2.55 bits per heavy atom. The molecule has 6 nitrogen and oxygen atoms in total. The summed E-state index contributed by atoms with van der Waals surface area (Å²) in [6.07, 6.45) is 8.87. The van der Waals surface area contributed by atoms with Gasteiger partial charge in [0.25, 0.3) is 0 Å². The van der Waals surface area contributed by atoms with E-state index in [9.17, 15) is 14.4 Å². The van der Waals surface area contributed by atoms with E-state index in [2.05, 4.69) is 0 Å². The van der Waals surface area contributed by atoms with Crippen molar-refractivity contribution in [3.8, 4) is 0 Å². The zero-order valence-electron chi connectivity index (χ0n) is 19.5. The first-order valence-corrected chi connectivity index (χ1v) is 13.5. The van der Waals surface area contributed by atoms with Crippen molar-refractivity contribution >= 4 is 17.7 Å². The third kappa shape index (κ3) is 3.04. The van der Waals surface area contributed by atoms with E-state index in [1.165, 1.54) is 6.42 Å². The van der Waals surface area contributed by atoms with Gasteiger partial charge in [0.05, 0.1) is 12.0 Å². The topological polar surface area (TPSA) is 78.9 Å². The Labute approximate surface area is 195 Å². The molecule has 0 aliphatic heterocycles. The Morgan fingerprint density at radius 2 is 1.70 bits per heavy atom. The van der Waals surface area contributed by atoms with Gasteiger partial charge in [-0.25, -0.2) is 0 Å². The van der Waals surface area contributed by atoms with Gasteiger partial charge in [0, 0.05) is 18.3 Å². The Morgan fingerprint density at radius 1 is 0.879 bits per heavy atom. The minimum atomic E-state index is -0.110. The number of rotatable bonds is 6. The smallest absolute Gasteiger partial charge is 0.311 e. The maximum Gasteiger partial charge on any atom is 0.311 e. The van der Waals surface area contributed by atoms with Crippen molar-refractivity contribution < 1.29 is 28.6 Å². The molecule has 8 fully saturated rings. The molecule has 0 aromatic heterocycles. The molecule has 0 heterocycles. The molecule has 6 heteroatoms. The third-order valence-corrected chi connectivity index (χ3v) is 11.2. The van der Waals surface area contributed by atoms with Gasteiger partial charge in [0.2, 0.25) is 0 Å². The molecule has 0 aromatic carbocycles. The number of esters is 2. The van der Waals surface area contributed by atoms with E-state index in [1.807, 2.05) is 6.92 Å². The SMILES string of the molecule is CCC(=O)OC1CC2CC1C1C3CC(CC3C(=O)OCOC3C4CC5CC(C4)C(=O)C3C5)C21. The number of hydrogen-bond acceptors (Lipinski definition) is 6. The summed E-state index contributed by atoms with van der Waals surface area (Å²) in [4.78, 5) is 37.6. The second-order valence-corrected chi connectivity index (χ2v) is 12.4. The largest absolute Gasteiger partial charge is 0.462 e. The van der Waals surface area contributed by atoms with Crippen LogP contribution in [0.4, 0.5) is 0 Å². The molecule has 8 aliphatic carbocycles. The van der Waals surface area contributed by atoms with Gasteiger partial charge in [-0.2, -0.15) is 0 Å². The lowest BCUT2D eigenvalue weighted by atomic mass is 9.54. The molecule has 8 saturated carbocycles. The summed E-state index contributed by atoms with van der Waals surface area (Å²) in [5.74, 6) is 4.92. The lowest BCUT2D eigenvalue weighted by Gasteiger charge is -2.52. The molecule has 0 radical (unpaired) electrons. The predicted octanol–water partition coefficient (Wildman–Crippen LogP) is 3.76. The van der Waals surface area contributed by atoms with Crippen LogP contribution in [0.2, 0.25) is 0 Å². The first-order chi connectivity index (χ1) is 16.0. The van der Waals surface area contributed by atoms with Crippen LogP contribution in [0.15, 0.2) is 0 Å². The number of ketones is 1. The molecule has 33 heavy (non-hydrogen) atoms. The second-order valence-electron chi connectivity index (χ2n) is 12.4. The number of ether oxygens (including phenoxy) is 3. The first kappa shape index (κ1) is 20.9. The molecule has 13 unspecified atom stereocenters. The lowest BCUT2D eigenvalue weighted by molar-refractivity contribution is -0.192. The molecule has 8 bridgehead atoms. The summed E-state index contributed by atoms with van der Waals surface area (Å²) in [5, 5.41) is 0. The van der Waals surface area contributed by atoms with Crippen molar-refractivity contribution in [2.75, 3.05) is 6.79 Å². The lowest BCUT2D eigenvalue weighted by Crippen LogP contribution is -2.55. The molecular weight excluding hydrogens is 420 g/mol. The van der Waals surface area contributed by atoms with E-state index < -0.39 is 0 Å². The number of carbonyl (C=O) groups excluding carboxylic acids is 3. The minimum Gasteiger partial charge on any atom is -0.462 e. The third-order valence-electron chi connectivity index (χ3n) is 11.2. The number of hydrogen-bond donors (Lipinski definition) is 0. The van der Waals surface area contributed by atoms with Crippen molar-refractivity contribution in [1.29, 1.82) is 0 Å². The number of fused-ring (bicyclic) bond motifs is 9. The van der Waals surface area contributed by atoms with Crippen LogP contribution in [0.3, 0.4) is 0 Å². The molecule has 8 rings (SSSR count). The molecule has 0 saturated heterocycles. The highest BCUT2D eigenvalue weighted by atomic mass is 16.7. The van der Waals surface area contributed by atoms with Crippen LogP contribution in [0, 0.1) is 65.1 Å². The van der Waals surface area contributed by atoms with Gasteiger partial charge in [-0.1, -0.05) is 6.92 Å². The minimum absolute atomic E-state index is 0.0100. The Bertz CT molecular complexity index is 869. The fraction of sp³-hybridized carbons (Fsp3) is 0.889. The molecular formula is C27H36O6. The van der Waals surface area contributed by atoms with Crippen LogP contribution in [0.1, 0.15) is 64.7 Å². The van der Waals surface area contributed by atoms with Gasteiger partial charge < -0.3 is 14.2 Å². The second kappa shape index (κ2) is 7.53. The monoisotopic (exact) mass is 456 g/mol. The normalized spacial score (nSPS) is 52.4. The van der Waals surface area contributed by atoms with Crippen LogP contribution >= 0.6 is 0 Å². The summed E-state index contributed by atoms with van der Waals surface area (Å²) >= 11 is 0. The van der Waals surface area contributed by atoms with Crippen LogP contribution < -0.4 is 0 Å². The number of carbonyl (C=O) groups is 3. The Kier molecular flexibility index (Phi) is 4.77. The molecule has 0 aromatic rings. The summed E-state index contributed by atoms with van der Waals surface area (Å²) in [6, 6.07) is 0. The Hall–Kier alpha value is -1.43. The van der Waals surface area contributed by atoms with E-state index in [0.29, 0.717) is 53.6 Å². The van der Waals surface area contributed by atoms with Gasteiger partial charge in [-0.3, -0.25) is 14.4 Å². The van der Waals surface area contributed by atoms with Crippen molar-refractivity contribution in [3.05, 3.63) is 0 Å². The summed E-state index contributed by atoms with van der Waals surface area (Å²) in [7, 11) is 0. The molecule has 8 aliphatic rings. The predicted molar refractivity (Wildman–Crippen MR) is 116 cm³/mol. The van der Waals surface area contributed by atoms with Crippen LogP contribution in [0.5, 0.6) is 0 Å². The summed E-state index contributed by atoms with van der Waals surface area (Å²) < 4.78 is 17.6. The fourth-order valence-electron chi connectivity index (χ4n) is 10.3. The zero-order chi connectivity index (χ0) is 22.4. The Balaban J connectivity index is 0.965. The molecule has 13 atom stereocenters. The maximum atomic E-state index is 13.1. The molecule has 0 amide bonds. The molecule has 0 spiro atoms. The maximum absolute atomic E-state index is 13.1. The van der Waals surface area contributed by atoms with E-state index >= 15 is 0 Å². The van der Waals surface area contributed by atoms with Gasteiger partial charge in [0.15, 0.2) is 6.79 Å². The summed E-state index contributed by atoms with van der Waals surface area (Å²) in [5.41, 5.74) is 0. The van der Waals surface area contributed by atoms with E-state index in [1.54, 1.807) is 0 Å². The van der Waals surface area contributed by atoms with E-state index in [-0.39, 0.29) is 48.7 Å². The zero-order valence-corrected chi connectivity index (χ0v) is 19.5. The van der Waals surface area contributed by atoms with Crippen molar-refractivity contribution in [1.82, 2.24) is 0 Å². The fourth-order valence-corrected chi connectivity index (χ4v) is 10.3. The van der Waals surface area contributed by atoms with Crippen LogP contribution in [0.25, 0.3) is 0 Å². The van der Waals surface area contributed by atoms with Gasteiger partial charge in [-0.15, -0.1) is 0 Å². The van der Waals surface area contributed by atoms with Gasteiger partial charge in [0.1, 0.15) is 11.9 Å². The van der Waals surface area contributed by atoms with Gasteiger partial charge >= 0.3 is 11.9 Å². The standard InChI is InChI=1S/C27H36O6/c1-2-22(28)33-21-10-14-9-19(21)24-17-7-13(23(14)24)8-18(17)27(30)32-11-31-26-16-4-12-3-15(6-16)25(29)20(26)5-12/h12-21,23-24,26H,2-11H2,1H3. The average molecular weight is 457 g/mol. The van der Waals surface area contributed by atoms with Gasteiger partial charge in [-0.05, 0) is 98.7 Å². The van der Waals surface area contributed by atoms with Crippen molar-refractivity contribution in [2.45, 2.75) is 76.9 Å².